The summed E-state index contributed by atoms with van der Waals surface area (Å²) in [6.07, 6.45) is -5.96. The average molecular weight is 307 g/mol. The zero-order chi connectivity index (χ0) is 14.9. The highest BCUT2D eigenvalue weighted by Crippen LogP contribution is 2.38. The molecule has 20 heavy (non-hydrogen) atoms. The van der Waals surface area contributed by atoms with E-state index in [0.29, 0.717) is 5.56 Å². The largest absolute Gasteiger partial charge is 0.475 e. The topological polar surface area (TPSA) is 35.5 Å². The molecule has 1 aromatic rings. The third kappa shape index (κ3) is 2.90. The van der Waals surface area contributed by atoms with Gasteiger partial charge in [0.25, 0.3) is 0 Å². The van der Waals surface area contributed by atoms with Crippen molar-refractivity contribution in [3.05, 3.63) is 34.4 Å². The maximum absolute atomic E-state index is 13.0. The van der Waals surface area contributed by atoms with Crippen LogP contribution in [0.15, 0.2) is 23.8 Å². The fraction of sp³-hybridized carbons (Fsp3) is 0.308. The van der Waals surface area contributed by atoms with Crippen molar-refractivity contribution in [1.29, 1.82) is 0 Å². The zero-order valence-corrected chi connectivity index (χ0v) is 11.1. The molecule has 0 aliphatic carbocycles. The molecule has 0 fully saturated rings. The number of esters is 1. The van der Waals surface area contributed by atoms with E-state index in [-0.39, 0.29) is 17.4 Å². The van der Waals surface area contributed by atoms with Gasteiger partial charge in [0.1, 0.15) is 5.75 Å². The molecule has 0 saturated carbocycles. The summed E-state index contributed by atoms with van der Waals surface area (Å²) in [5.74, 6) is -1.07. The lowest BCUT2D eigenvalue weighted by atomic mass is 10.0. The molecule has 1 atom stereocenters. The Labute approximate surface area is 117 Å². The van der Waals surface area contributed by atoms with Crippen LogP contribution in [0, 0.1) is 0 Å². The van der Waals surface area contributed by atoms with E-state index in [0.717, 1.165) is 6.08 Å². The number of rotatable bonds is 2. The number of hydrogen-bond acceptors (Lipinski definition) is 3. The molecule has 0 bridgehead atoms. The molecule has 1 heterocycles. The van der Waals surface area contributed by atoms with E-state index in [1.54, 1.807) is 0 Å². The highest BCUT2D eigenvalue weighted by atomic mass is 35.5. The normalized spacial score (nSPS) is 17.9. The first kappa shape index (κ1) is 14.7. The minimum absolute atomic E-state index is 0.0196. The summed E-state index contributed by atoms with van der Waals surface area (Å²) < 4.78 is 48.5. The smallest absolute Gasteiger partial charge is 0.430 e. The lowest BCUT2D eigenvalue weighted by molar-refractivity contribution is -0.187. The Morgan fingerprint density at radius 3 is 2.75 bits per heavy atom. The van der Waals surface area contributed by atoms with Crippen LogP contribution >= 0.6 is 11.6 Å². The number of benzene rings is 1. The fourth-order valence-electron chi connectivity index (χ4n) is 1.79. The Morgan fingerprint density at radius 2 is 2.15 bits per heavy atom. The van der Waals surface area contributed by atoms with E-state index in [1.807, 2.05) is 0 Å². The summed E-state index contributed by atoms with van der Waals surface area (Å²) in [4.78, 5) is 11.6. The number of carbonyl (C=O) groups is 1. The Hall–Kier alpha value is -1.69. The second kappa shape index (κ2) is 5.36. The molecule has 0 N–H and O–H groups in total. The van der Waals surface area contributed by atoms with Crippen LogP contribution < -0.4 is 4.74 Å². The van der Waals surface area contributed by atoms with E-state index in [4.69, 9.17) is 16.3 Å². The maximum atomic E-state index is 13.0. The van der Waals surface area contributed by atoms with Crippen molar-refractivity contribution in [2.24, 2.45) is 0 Å². The second-order valence-electron chi connectivity index (χ2n) is 4.04. The highest BCUT2D eigenvalue weighted by Gasteiger charge is 2.48. The molecule has 108 valence electrons. The Kier molecular flexibility index (Phi) is 3.94. The molecule has 0 saturated heterocycles. The number of fused-ring (bicyclic) bond motifs is 1. The highest BCUT2D eigenvalue weighted by molar-refractivity contribution is 6.30. The SMILES string of the molecule is CCOC(=O)C1=Cc2ccc(Cl)cc2OC1C(F)(F)F. The van der Waals surface area contributed by atoms with Crippen molar-refractivity contribution in [3.8, 4) is 5.75 Å². The monoisotopic (exact) mass is 306 g/mol. The predicted molar refractivity (Wildman–Crippen MR) is 66.5 cm³/mol. The second-order valence-corrected chi connectivity index (χ2v) is 4.48. The fourth-order valence-corrected chi connectivity index (χ4v) is 1.95. The van der Waals surface area contributed by atoms with Gasteiger partial charge in [-0.15, -0.1) is 0 Å². The van der Waals surface area contributed by atoms with Crippen LogP contribution in [0.3, 0.4) is 0 Å². The molecule has 7 heteroatoms. The van der Waals surface area contributed by atoms with E-state index in [2.05, 4.69) is 4.74 Å². The van der Waals surface area contributed by atoms with Crippen LogP contribution in [-0.2, 0) is 9.53 Å². The molecule has 0 aromatic heterocycles. The van der Waals surface area contributed by atoms with Crippen LogP contribution in [-0.4, -0.2) is 24.9 Å². The summed E-state index contributed by atoms with van der Waals surface area (Å²) in [7, 11) is 0. The minimum Gasteiger partial charge on any atom is -0.475 e. The van der Waals surface area contributed by atoms with Gasteiger partial charge in [0.2, 0.25) is 6.10 Å². The van der Waals surface area contributed by atoms with Gasteiger partial charge in [-0.3, -0.25) is 0 Å². The van der Waals surface area contributed by atoms with Crippen molar-refractivity contribution in [1.82, 2.24) is 0 Å². The van der Waals surface area contributed by atoms with Gasteiger partial charge in [0.15, 0.2) is 0 Å². The van der Waals surface area contributed by atoms with Gasteiger partial charge < -0.3 is 9.47 Å². The first-order chi connectivity index (χ1) is 9.32. The van der Waals surface area contributed by atoms with Crippen LogP contribution in [0.5, 0.6) is 5.75 Å². The molecule has 0 amide bonds. The minimum atomic E-state index is -4.72. The van der Waals surface area contributed by atoms with Crippen molar-refractivity contribution in [3.63, 3.8) is 0 Å². The first-order valence-corrected chi connectivity index (χ1v) is 6.12. The van der Waals surface area contributed by atoms with Crippen molar-refractivity contribution in [2.45, 2.75) is 19.2 Å². The number of alkyl halides is 3. The van der Waals surface area contributed by atoms with E-state index in [9.17, 15) is 18.0 Å². The number of carbonyl (C=O) groups excluding carboxylic acids is 1. The van der Waals surface area contributed by atoms with Crippen LogP contribution in [0.1, 0.15) is 12.5 Å². The quantitative estimate of drug-likeness (QED) is 0.783. The van der Waals surface area contributed by atoms with Gasteiger partial charge in [0.05, 0.1) is 12.2 Å². The third-order valence-electron chi connectivity index (χ3n) is 2.62. The molecule has 0 spiro atoms. The zero-order valence-electron chi connectivity index (χ0n) is 10.3. The Morgan fingerprint density at radius 1 is 1.45 bits per heavy atom. The predicted octanol–water partition coefficient (Wildman–Crippen LogP) is 3.61. The summed E-state index contributed by atoms with van der Waals surface area (Å²) in [5.41, 5.74) is -0.230. The van der Waals surface area contributed by atoms with Gasteiger partial charge in [-0.05, 0) is 31.2 Å². The molecule has 1 aliphatic heterocycles. The van der Waals surface area contributed by atoms with E-state index in [1.165, 1.54) is 25.1 Å². The lowest BCUT2D eigenvalue weighted by Crippen LogP contribution is -2.40. The molecule has 0 radical (unpaired) electrons. The van der Waals surface area contributed by atoms with Crippen LogP contribution in [0.2, 0.25) is 5.02 Å². The standard InChI is InChI=1S/C13H10ClF3O3/c1-2-19-12(18)9-5-7-3-4-8(14)6-10(7)20-11(9)13(15,16)17/h3-6,11H,2H2,1H3. The van der Waals surface area contributed by atoms with Crippen LogP contribution in [0.4, 0.5) is 13.2 Å². The lowest BCUT2D eigenvalue weighted by Gasteiger charge is -2.27. The third-order valence-corrected chi connectivity index (χ3v) is 2.86. The molecular weight excluding hydrogens is 297 g/mol. The summed E-state index contributed by atoms with van der Waals surface area (Å²) in [5, 5.41) is 0.248. The number of hydrogen-bond donors (Lipinski definition) is 0. The van der Waals surface area contributed by atoms with Gasteiger partial charge >= 0.3 is 12.1 Å². The summed E-state index contributed by atoms with van der Waals surface area (Å²) in [6, 6.07) is 4.24. The first-order valence-electron chi connectivity index (χ1n) is 5.74. The number of ether oxygens (including phenoxy) is 2. The van der Waals surface area contributed by atoms with E-state index >= 15 is 0 Å². The summed E-state index contributed by atoms with van der Waals surface area (Å²) >= 11 is 5.71. The van der Waals surface area contributed by atoms with Gasteiger partial charge in [-0.25, -0.2) is 4.79 Å². The molecule has 2 rings (SSSR count). The summed E-state index contributed by atoms with van der Waals surface area (Å²) in [6.45, 7) is 1.49. The molecular formula is C13H10ClF3O3. The Balaban J connectivity index is 2.47. The van der Waals surface area contributed by atoms with Crippen molar-refractivity contribution >= 4 is 23.6 Å². The van der Waals surface area contributed by atoms with Crippen molar-refractivity contribution < 1.29 is 27.4 Å². The van der Waals surface area contributed by atoms with Gasteiger partial charge in [-0.2, -0.15) is 13.2 Å². The average Bonchev–Trinajstić information content (AvgIpc) is 2.36. The molecule has 1 aliphatic rings. The Bertz CT molecular complexity index is 566. The molecule has 1 unspecified atom stereocenters. The van der Waals surface area contributed by atoms with Crippen molar-refractivity contribution in [2.75, 3.05) is 6.61 Å². The number of halogens is 4. The maximum Gasteiger partial charge on any atom is 0.430 e. The van der Waals surface area contributed by atoms with E-state index < -0.39 is 23.8 Å². The molecule has 3 nitrogen and oxygen atoms in total. The van der Waals surface area contributed by atoms with Crippen LogP contribution in [0.25, 0.3) is 6.08 Å². The van der Waals surface area contributed by atoms with Gasteiger partial charge in [-0.1, -0.05) is 11.6 Å². The van der Waals surface area contributed by atoms with Gasteiger partial charge in [0, 0.05) is 10.6 Å². The molecule has 1 aromatic carbocycles.